The number of carbonyl (C=O) groups is 2. The summed E-state index contributed by atoms with van der Waals surface area (Å²) in [6.07, 6.45) is 9.82. The van der Waals surface area contributed by atoms with Crippen molar-refractivity contribution >= 4 is 45.1 Å². The van der Waals surface area contributed by atoms with Crippen molar-refractivity contribution in [3.8, 4) is 34.3 Å². The van der Waals surface area contributed by atoms with E-state index in [0.717, 1.165) is 117 Å². The molecular weight excluding hydrogens is 940 g/mol. The molecule has 18 heteroatoms. The number of aryl methyl sites for hydroxylation is 2. The Bertz CT molecular complexity index is 3220. The number of hydrogen-bond donors (Lipinski definition) is 3. The zero-order valence-electron chi connectivity index (χ0n) is 42.3. The van der Waals surface area contributed by atoms with Crippen molar-refractivity contribution in [3.63, 3.8) is 0 Å². The van der Waals surface area contributed by atoms with Crippen LogP contribution in [-0.4, -0.2) is 134 Å². The summed E-state index contributed by atoms with van der Waals surface area (Å²) < 4.78 is 31.0. The second kappa shape index (κ2) is 19.6. The number of benzene rings is 3. The Balaban J connectivity index is 0.650. The molecule has 3 unspecified atom stereocenters. The number of nitrogens with zero attached hydrogens (tertiary/aromatic N) is 10. The van der Waals surface area contributed by atoms with Crippen LogP contribution in [0.15, 0.2) is 83.6 Å². The van der Waals surface area contributed by atoms with Crippen molar-refractivity contribution in [1.29, 1.82) is 0 Å². The zero-order valence-corrected chi connectivity index (χ0v) is 42.3. The Labute approximate surface area is 429 Å². The molecule has 0 aliphatic carbocycles. The number of pyridine rings is 1. The summed E-state index contributed by atoms with van der Waals surface area (Å²) in [5.74, 6) is 1.04. The molecule has 74 heavy (non-hydrogen) atoms. The van der Waals surface area contributed by atoms with Crippen molar-refractivity contribution < 1.29 is 28.3 Å². The van der Waals surface area contributed by atoms with E-state index in [-0.39, 0.29) is 52.7 Å². The second-order valence-electron chi connectivity index (χ2n) is 21.2. The van der Waals surface area contributed by atoms with Gasteiger partial charge >= 0.3 is 6.01 Å². The van der Waals surface area contributed by atoms with Crippen LogP contribution in [0.3, 0.4) is 0 Å². The van der Waals surface area contributed by atoms with Gasteiger partial charge in [-0.15, -0.1) is 0 Å². The third-order valence-corrected chi connectivity index (χ3v) is 16.4. The molecule has 9 heterocycles. The number of aromatic hydroxyl groups is 1. The Morgan fingerprint density at radius 3 is 2.54 bits per heavy atom. The third-order valence-electron chi connectivity index (χ3n) is 16.4. The van der Waals surface area contributed by atoms with Gasteiger partial charge in [-0.2, -0.15) is 15.1 Å². The molecule has 1 spiro atoms. The molecule has 0 saturated carbocycles. The van der Waals surface area contributed by atoms with E-state index in [4.69, 9.17) is 24.2 Å². The van der Waals surface area contributed by atoms with Gasteiger partial charge in [-0.05, 0) is 111 Å². The highest BCUT2D eigenvalue weighted by molar-refractivity contribution is 6.01. The van der Waals surface area contributed by atoms with Crippen molar-refractivity contribution in [2.45, 2.75) is 89.4 Å². The molecule has 0 radical (unpaired) electrons. The maximum atomic E-state index is 17.1. The summed E-state index contributed by atoms with van der Waals surface area (Å²) in [5, 5.41) is 28.4. The van der Waals surface area contributed by atoms with Gasteiger partial charge in [-0.25, -0.2) is 4.39 Å². The van der Waals surface area contributed by atoms with Crippen molar-refractivity contribution in [3.05, 3.63) is 102 Å². The van der Waals surface area contributed by atoms with E-state index < -0.39 is 11.9 Å². The molecule has 2 bridgehead atoms. The fourth-order valence-corrected chi connectivity index (χ4v) is 12.3. The Hall–Kier alpha value is -7.18. The summed E-state index contributed by atoms with van der Waals surface area (Å²) in [6, 6.07) is 21.2. The maximum Gasteiger partial charge on any atom is 0.319 e. The van der Waals surface area contributed by atoms with Gasteiger partial charge in [0.2, 0.25) is 11.8 Å². The van der Waals surface area contributed by atoms with Crippen molar-refractivity contribution in [2.75, 3.05) is 68.8 Å². The first-order valence-electron chi connectivity index (χ1n) is 26.3. The minimum absolute atomic E-state index is 0.0428. The van der Waals surface area contributed by atoms with E-state index in [1.807, 2.05) is 73.3 Å². The fraction of sp³-hybridized carbons (Fsp3) is 0.446. The molecule has 5 aliphatic heterocycles. The lowest BCUT2D eigenvalue weighted by Gasteiger charge is -2.54. The summed E-state index contributed by atoms with van der Waals surface area (Å²) >= 11 is 0. The highest BCUT2D eigenvalue weighted by Crippen LogP contribution is 2.43. The number of phenols is 1. The number of piperidine rings is 1. The number of aromatic nitrogens is 6. The van der Waals surface area contributed by atoms with Crippen LogP contribution in [0.2, 0.25) is 0 Å². The first-order chi connectivity index (χ1) is 36.0. The normalized spacial score (nSPS) is 20.9. The number of hydrogen-bond acceptors (Lipinski definition) is 14. The van der Waals surface area contributed by atoms with E-state index in [2.05, 4.69) is 42.5 Å². The highest BCUT2D eigenvalue weighted by atomic mass is 19.1. The van der Waals surface area contributed by atoms with E-state index in [9.17, 15) is 14.7 Å². The molecule has 17 nitrogen and oxygen atoms in total. The summed E-state index contributed by atoms with van der Waals surface area (Å²) in [6.45, 7) is 10.6. The van der Waals surface area contributed by atoms with E-state index in [1.165, 1.54) is 0 Å². The molecule has 7 aromatic rings. The summed E-state index contributed by atoms with van der Waals surface area (Å²) in [7, 11) is 1.91. The molecule has 5 aliphatic rings. The average molecular weight is 1000 g/mol. The van der Waals surface area contributed by atoms with Gasteiger partial charge in [0.25, 0.3) is 0 Å². The van der Waals surface area contributed by atoms with Crippen LogP contribution in [0.25, 0.3) is 44.2 Å². The lowest BCUT2D eigenvalue weighted by molar-refractivity contribution is -0.138. The number of halogens is 1. The van der Waals surface area contributed by atoms with Crippen molar-refractivity contribution in [2.24, 2.45) is 12.5 Å². The number of likely N-dealkylation sites (tertiary alicyclic amines) is 2. The average Bonchev–Trinajstić information content (AvgIpc) is 4.24. The first kappa shape index (κ1) is 47.8. The Morgan fingerprint density at radius 1 is 0.986 bits per heavy atom. The van der Waals surface area contributed by atoms with Crippen LogP contribution in [0.1, 0.15) is 75.3 Å². The van der Waals surface area contributed by atoms with Gasteiger partial charge in [0.15, 0.2) is 11.6 Å². The highest BCUT2D eigenvalue weighted by Gasteiger charge is 2.46. The monoisotopic (exact) mass is 1000 g/mol. The first-order valence-corrected chi connectivity index (χ1v) is 26.3. The smallest absolute Gasteiger partial charge is 0.319 e. The molecule has 5 fully saturated rings. The molecule has 3 aromatic carbocycles. The quantitative estimate of drug-likeness (QED) is 0.102. The Morgan fingerprint density at radius 2 is 1.78 bits per heavy atom. The van der Waals surface area contributed by atoms with Gasteiger partial charge in [-0.1, -0.05) is 54.5 Å². The number of fused-ring (bicyclic) bond motifs is 4. The van der Waals surface area contributed by atoms with E-state index in [0.29, 0.717) is 60.7 Å². The molecule has 3 N–H and O–H groups in total. The predicted octanol–water partition coefficient (Wildman–Crippen LogP) is 6.97. The molecule has 5 saturated heterocycles. The second-order valence-corrected chi connectivity index (χ2v) is 21.2. The van der Waals surface area contributed by atoms with Crippen LogP contribution in [0, 0.1) is 11.2 Å². The number of rotatable bonds is 14. The molecule has 384 valence electrons. The Kier molecular flexibility index (Phi) is 12.7. The standard InChI is InChI=1S/C56H63FN12O5/c1-4-35-7-5-8-38-25-41(70)26-43(49(35)38)51-50(57)52-44(29-58-51)53(67-30-39-14-15-40(31-67)61-39)63-55(62-52)73-24-23-66-21-17-56(18-22-66)32-68(33-56)47-27-42(74-64-47)28-48(71)69-20-6-9-46(69)54(72)60-34(2)36-10-12-37(13-11-36)45-16-19-59-65(45)3/h5,7-8,10-13,16,19,25-27,29,34,39-40,46,61,70H,4,6,9,14-15,17-18,20-24,28,30-33H2,1-3H3,(H,60,72)/t34?,39?,40?,46-/m0/s1. The number of phenolic OH excluding ortho intramolecular Hbond substituents is 1. The van der Waals surface area contributed by atoms with Gasteiger partial charge in [0.1, 0.15) is 41.2 Å². The predicted molar refractivity (Wildman–Crippen MR) is 279 cm³/mol. The number of amides is 2. The van der Waals surface area contributed by atoms with Crippen LogP contribution in [0.4, 0.5) is 16.0 Å². The number of anilines is 2. The maximum absolute atomic E-state index is 17.1. The summed E-state index contributed by atoms with van der Waals surface area (Å²) in [4.78, 5) is 50.1. The third kappa shape index (κ3) is 9.15. The van der Waals surface area contributed by atoms with Crippen LogP contribution in [0.5, 0.6) is 11.8 Å². The zero-order chi connectivity index (χ0) is 50.7. The van der Waals surface area contributed by atoms with Gasteiger partial charge < -0.3 is 39.7 Å². The number of nitrogens with one attached hydrogen (secondary N) is 2. The van der Waals surface area contributed by atoms with Crippen LogP contribution < -0.4 is 25.2 Å². The van der Waals surface area contributed by atoms with E-state index in [1.54, 1.807) is 29.4 Å². The van der Waals surface area contributed by atoms with Gasteiger partial charge in [0, 0.05) is 87.8 Å². The fourth-order valence-electron chi connectivity index (χ4n) is 12.3. The molecule has 2 amide bonds. The number of carbonyl (C=O) groups excluding carboxylic acids is 2. The molecule has 12 rings (SSSR count). The number of piperazine rings is 1. The number of ether oxygens (including phenoxy) is 1. The minimum Gasteiger partial charge on any atom is -0.508 e. The minimum atomic E-state index is -0.568. The van der Waals surface area contributed by atoms with E-state index >= 15 is 4.39 Å². The van der Waals surface area contributed by atoms with Gasteiger partial charge in [0.05, 0.1) is 23.5 Å². The lowest BCUT2D eigenvalue weighted by atomic mass is 9.72. The lowest BCUT2D eigenvalue weighted by Crippen LogP contribution is -2.60. The largest absolute Gasteiger partial charge is 0.508 e. The summed E-state index contributed by atoms with van der Waals surface area (Å²) in [5.41, 5.74) is 5.06. The van der Waals surface area contributed by atoms with Crippen molar-refractivity contribution in [1.82, 2.24) is 50.3 Å². The molecule has 4 aromatic heterocycles. The van der Waals surface area contributed by atoms with Crippen LogP contribution in [-0.2, 0) is 29.5 Å². The molecular formula is C56H63FN12O5. The topological polar surface area (TPSA) is 183 Å². The SMILES string of the molecule is CCc1cccc2cc(O)cc(-c3ncc4c(N5CC6CCC(C5)N6)nc(OCCN5CCC6(CC5)CN(c5cc(CC(=O)N7CCC[C@H]7C(=O)NC(C)c7ccc(-c8ccnn8C)cc7)on5)C6)nc4c3F)c12. The molecule has 4 atom stereocenters. The van der Waals surface area contributed by atoms with Gasteiger partial charge in [-0.3, -0.25) is 24.2 Å². The van der Waals surface area contributed by atoms with Crippen LogP contribution >= 0.6 is 0 Å².